The van der Waals surface area contributed by atoms with Gasteiger partial charge in [-0.25, -0.2) is 0 Å². The quantitative estimate of drug-likeness (QED) is 0.864. The molecule has 0 radical (unpaired) electrons. The molecule has 2 heterocycles. The van der Waals surface area contributed by atoms with Crippen molar-refractivity contribution in [2.75, 3.05) is 18.4 Å². The zero-order valence-electron chi connectivity index (χ0n) is 14.3. The van der Waals surface area contributed by atoms with Gasteiger partial charge in [0, 0.05) is 37.2 Å². The Labute approximate surface area is 154 Å². The monoisotopic (exact) mass is 363 g/mol. The number of anilines is 1. The molecular weight excluding hydrogens is 338 g/mol. The summed E-state index contributed by atoms with van der Waals surface area (Å²) in [5.74, 6) is 1.20. The van der Waals surface area contributed by atoms with Crippen molar-refractivity contribution >= 4 is 29.9 Å². The van der Waals surface area contributed by atoms with E-state index in [-0.39, 0.29) is 36.2 Å². The molecule has 136 valence electrons. The molecule has 5 nitrogen and oxygen atoms in total. The number of nitrogens with one attached hydrogen (secondary N) is 1. The molecule has 0 spiro atoms. The Balaban J connectivity index is 0.00000182. The van der Waals surface area contributed by atoms with Crippen molar-refractivity contribution in [1.82, 2.24) is 4.90 Å². The Bertz CT molecular complexity index is 666. The van der Waals surface area contributed by atoms with Gasteiger partial charge >= 0.3 is 0 Å². The minimum atomic E-state index is -0.104. The zero-order valence-corrected chi connectivity index (χ0v) is 15.1. The molecule has 4 atom stereocenters. The van der Waals surface area contributed by atoms with Gasteiger partial charge < -0.3 is 16.0 Å². The van der Waals surface area contributed by atoms with E-state index in [2.05, 4.69) is 5.32 Å². The Kier molecular flexibility index (Phi) is 5.35. The summed E-state index contributed by atoms with van der Waals surface area (Å²) < 4.78 is 0. The van der Waals surface area contributed by atoms with Gasteiger partial charge in [-0.15, -0.1) is 12.4 Å². The molecule has 1 saturated heterocycles. The van der Waals surface area contributed by atoms with Crippen LogP contribution in [0.5, 0.6) is 0 Å². The number of fused-ring (bicyclic) bond motifs is 2. The number of likely N-dealkylation sites (tertiary alicyclic amines) is 1. The molecule has 1 aromatic carbocycles. The van der Waals surface area contributed by atoms with Crippen LogP contribution in [0.25, 0.3) is 0 Å². The topological polar surface area (TPSA) is 75.4 Å². The summed E-state index contributed by atoms with van der Waals surface area (Å²) in [4.78, 5) is 26.7. The zero-order chi connectivity index (χ0) is 16.7. The summed E-state index contributed by atoms with van der Waals surface area (Å²) in [6.45, 7) is 1.67. The van der Waals surface area contributed by atoms with Crippen LogP contribution in [0.2, 0.25) is 0 Å². The summed E-state index contributed by atoms with van der Waals surface area (Å²) in [5, 5.41) is 2.96. The van der Waals surface area contributed by atoms with Crippen molar-refractivity contribution in [2.45, 2.75) is 38.1 Å². The predicted molar refractivity (Wildman–Crippen MR) is 99.5 cm³/mol. The Hall–Kier alpha value is -1.59. The van der Waals surface area contributed by atoms with E-state index in [1.807, 2.05) is 29.2 Å². The third-order valence-corrected chi connectivity index (χ3v) is 6.08. The highest BCUT2D eigenvalue weighted by atomic mass is 35.5. The number of amides is 2. The predicted octanol–water partition coefficient (Wildman–Crippen LogP) is 2.20. The number of hydrogen-bond donors (Lipinski definition) is 2. The van der Waals surface area contributed by atoms with Crippen molar-refractivity contribution in [1.29, 1.82) is 0 Å². The number of benzene rings is 1. The second-order valence-corrected chi connectivity index (χ2v) is 7.55. The van der Waals surface area contributed by atoms with E-state index in [9.17, 15) is 9.59 Å². The molecule has 2 amide bonds. The van der Waals surface area contributed by atoms with E-state index in [1.54, 1.807) is 0 Å². The van der Waals surface area contributed by atoms with Gasteiger partial charge in [0.2, 0.25) is 11.8 Å². The van der Waals surface area contributed by atoms with Gasteiger partial charge in [0.25, 0.3) is 0 Å². The first-order valence-corrected chi connectivity index (χ1v) is 9.04. The highest BCUT2D eigenvalue weighted by Gasteiger charge is 2.42. The fourth-order valence-corrected chi connectivity index (χ4v) is 4.61. The highest BCUT2D eigenvalue weighted by Crippen LogP contribution is 2.37. The lowest BCUT2D eigenvalue weighted by Crippen LogP contribution is -2.35. The molecule has 2 fully saturated rings. The van der Waals surface area contributed by atoms with Crippen LogP contribution in [0, 0.1) is 17.8 Å². The van der Waals surface area contributed by atoms with Crippen LogP contribution in [0.15, 0.2) is 24.3 Å². The minimum absolute atomic E-state index is 0. The van der Waals surface area contributed by atoms with Gasteiger partial charge in [-0.3, -0.25) is 9.59 Å². The van der Waals surface area contributed by atoms with Gasteiger partial charge in [0.1, 0.15) is 0 Å². The van der Waals surface area contributed by atoms with E-state index in [4.69, 9.17) is 5.73 Å². The van der Waals surface area contributed by atoms with E-state index >= 15 is 0 Å². The lowest BCUT2D eigenvalue weighted by atomic mass is 9.89. The Morgan fingerprint density at radius 2 is 2.04 bits per heavy atom. The summed E-state index contributed by atoms with van der Waals surface area (Å²) in [6.07, 6.45) is 4.05. The fraction of sp³-hybridized carbons (Fsp3) is 0.579. The molecule has 1 saturated carbocycles. The largest absolute Gasteiger partial charge is 0.342 e. The fourth-order valence-electron chi connectivity index (χ4n) is 4.61. The SMILES string of the molecule is Cl.NC1CCC2CN(C(=O)CCC3Cc4ccccc4NC3=O)CC12. The van der Waals surface area contributed by atoms with Crippen molar-refractivity contribution in [3.63, 3.8) is 0 Å². The summed E-state index contributed by atoms with van der Waals surface area (Å²) in [6, 6.07) is 8.16. The summed E-state index contributed by atoms with van der Waals surface area (Å²) in [7, 11) is 0. The molecule has 1 aromatic rings. The molecular formula is C19H26ClN3O2. The van der Waals surface area contributed by atoms with Crippen LogP contribution in [-0.2, 0) is 16.0 Å². The highest BCUT2D eigenvalue weighted by molar-refractivity contribution is 5.96. The molecule has 6 heteroatoms. The van der Waals surface area contributed by atoms with Gasteiger partial charge in [0.15, 0.2) is 0 Å². The second-order valence-electron chi connectivity index (χ2n) is 7.55. The molecule has 2 aliphatic heterocycles. The van der Waals surface area contributed by atoms with Crippen LogP contribution in [0.3, 0.4) is 0 Å². The molecule has 4 unspecified atom stereocenters. The summed E-state index contributed by atoms with van der Waals surface area (Å²) >= 11 is 0. The number of carbonyl (C=O) groups is 2. The lowest BCUT2D eigenvalue weighted by molar-refractivity contribution is -0.131. The number of carbonyl (C=O) groups excluding carboxylic acids is 2. The number of nitrogens with zero attached hydrogens (tertiary/aromatic N) is 1. The maximum atomic E-state index is 12.5. The Morgan fingerprint density at radius 3 is 2.84 bits per heavy atom. The van der Waals surface area contributed by atoms with E-state index in [1.165, 1.54) is 0 Å². The second kappa shape index (κ2) is 7.34. The third kappa shape index (κ3) is 3.53. The van der Waals surface area contributed by atoms with Crippen LogP contribution >= 0.6 is 12.4 Å². The van der Waals surface area contributed by atoms with E-state index < -0.39 is 0 Å². The Morgan fingerprint density at radius 1 is 1.24 bits per heavy atom. The number of rotatable bonds is 3. The molecule has 0 bridgehead atoms. The van der Waals surface area contributed by atoms with Crippen LogP contribution in [0.1, 0.15) is 31.2 Å². The lowest BCUT2D eigenvalue weighted by Gasteiger charge is -2.25. The minimum Gasteiger partial charge on any atom is -0.342 e. The van der Waals surface area contributed by atoms with E-state index in [0.717, 1.165) is 43.6 Å². The molecule has 25 heavy (non-hydrogen) atoms. The van der Waals surface area contributed by atoms with Crippen molar-refractivity contribution in [3.8, 4) is 0 Å². The van der Waals surface area contributed by atoms with Crippen LogP contribution < -0.4 is 11.1 Å². The maximum absolute atomic E-state index is 12.5. The maximum Gasteiger partial charge on any atom is 0.227 e. The van der Waals surface area contributed by atoms with Crippen molar-refractivity contribution in [3.05, 3.63) is 29.8 Å². The normalized spacial score (nSPS) is 30.3. The third-order valence-electron chi connectivity index (χ3n) is 6.08. The average Bonchev–Trinajstić information content (AvgIpc) is 3.15. The first kappa shape index (κ1) is 18.2. The first-order valence-electron chi connectivity index (χ1n) is 9.04. The number of halogens is 1. The molecule has 3 aliphatic rings. The van der Waals surface area contributed by atoms with Gasteiger partial charge in [-0.1, -0.05) is 18.2 Å². The molecule has 0 aromatic heterocycles. The smallest absolute Gasteiger partial charge is 0.227 e. The van der Waals surface area contributed by atoms with E-state index in [0.29, 0.717) is 24.7 Å². The van der Waals surface area contributed by atoms with Gasteiger partial charge in [-0.05, 0) is 49.1 Å². The molecule has 3 N–H and O–H groups in total. The number of hydrogen-bond acceptors (Lipinski definition) is 3. The van der Waals surface area contributed by atoms with Crippen molar-refractivity contribution in [2.24, 2.45) is 23.5 Å². The molecule has 4 rings (SSSR count). The summed E-state index contributed by atoms with van der Waals surface area (Å²) in [5.41, 5.74) is 8.22. The first-order chi connectivity index (χ1) is 11.6. The van der Waals surface area contributed by atoms with Crippen LogP contribution in [0.4, 0.5) is 5.69 Å². The number of nitrogens with two attached hydrogens (primary N) is 1. The van der Waals surface area contributed by atoms with Crippen molar-refractivity contribution < 1.29 is 9.59 Å². The average molecular weight is 364 g/mol. The van der Waals surface area contributed by atoms with Gasteiger partial charge in [-0.2, -0.15) is 0 Å². The standard InChI is InChI=1S/C19H25N3O2.ClH/c20-16-7-5-14-10-22(11-15(14)16)18(23)8-6-13-9-12-3-1-2-4-17(12)21-19(13)24;/h1-4,13-16H,5-11,20H2,(H,21,24);1H. The molecule has 1 aliphatic carbocycles. The number of para-hydroxylation sites is 1. The van der Waals surface area contributed by atoms with Gasteiger partial charge in [0.05, 0.1) is 0 Å². The van der Waals surface area contributed by atoms with Crippen LogP contribution in [-0.4, -0.2) is 35.8 Å².